The Kier molecular flexibility index (Phi) is 3.61. The first-order chi connectivity index (χ1) is 8.15. The maximum atomic E-state index is 5.87. The highest BCUT2D eigenvalue weighted by Crippen LogP contribution is 2.23. The van der Waals surface area contributed by atoms with Gasteiger partial charge < -0.3 is 10.5 Å². The lowest BCUT2D eigenvalue weighted by atomic mass is 10.2. The Morgan fingerprint density at radius 2 is 2.06 bits per heavy atom. The summed E-state index contributed by atoms with van der Waals surface area (Å²) in [5.74, 6) is 1.35. The molecule has 0 aliphatic heterocycles. The Bertz CT molecular complexity index is 497. The molecule has 1 aromatic carbocycles. The van der Waals surface area contributed by atoms with E-state index < -0.39 is 0 Å². The topological polar surface area (TPSA) is 48.1 Å². The lowest BCUT2D eigenvalue weighted by Gasteiger charge is -2.07. The summed E-state index contributed by atoms with van der Waals surface area (Å²) in [4.78, 5) is 4.21. The fourth-order valence-corrected chi connectivity index (χ4v) is 1.57. The third kappa shape index (κ3) is 3.19. The summed E-state index contributed by atoms with van der Waals surface area (Å²) in [6.45, 7) is 1.89. The third-order valence-electron chi connectivity index (χ3n) is 2.26. The third-order valence-corrected chi connectivity index (χ3v) is 2.49. The molecule has 2 aromatic rings. The van der Waals surface area contributed by atoms with E-state index in [2.05, 4.69) is 4.98 Å². The van der Waals surface area contributed by atoms with E-state index in [1.165, 1.54) is 0 Å². The van der Waals surface area contributed by atoms with Crippen LogP contribution in [-0.2, 0) is 0 Å². The van der Waals surface area contributed by atoms with E-state index in [9.17, 15) is 0 Å². The zero-order valence-corrected chi connectivity index (χ0v) is 10.2. The number of aromatic nitrogens is 1. The van der Waals surface area contributed by atoms with Gasteiger partial charge in [0, 0.05) is 11.1 Å². The highest BCUT2D eigenvalue weighted by molar-refractivity contribution is 6.30. The molecule has 0 aliphatic rings. The summed E-state index contributed by atoms with van der Waals surface area (Å²) in [6.07, 6.45) is 1.65. The van der Waals surface area contributed by atoms with Crippen LogP contribution in [-0.4, -0.2) is 4.98 Å². The minimum absolute atomic E-state index is 0.0739. The minimum Gasteiger partial charge on any atom is -0.456 e. The summed E-state index contributed by atoms with van der Waals surface area (Å²) < 4.78 is 5.61. The van der Waals surface area contributed by atoms with Crippen LogP contribution in [0.15, 0.2) is 42.6 Å². The van der Waals surface area contributed by atoms with Crippen molar-refractivity contribution in [2.45, 2.75) is 13.0 Å². The van der Waals surface area contributed by atoms with Gasteiger partial charge in [-0.1, -0.05) is 17.7 Å². The molecular formula is C13H13ClN2O. The molecule has 0 radical (unpaired) electrons. The van der Waals surface area contributed by atoms with Crippen LogP contribution >= 0.6 is 11.6 Å². The van der Waals surface area contributed by atoms with Crippen LogP contribution in [0, 0.1) is 0 Å². The van der Waals surface area contributed by atoms with E-state index in [1.54, 1.807) is 18.3 Å². The van der Waals surface area contributed by atoms with E-state index >= 15 is 0 Å². The van der Waals surface area contributed by atoms with Gasteiger partial charge in [0.25, 0.3) is 0 Å². The maximum Gasteiger partial charge on any atom is 0.145 e. The van der Waals surface area contributed by atoms with Crippen molar-refractivity contribution >= 4 is 11.6 Å². The average Bonchev–Trinajstić information content (AvgIpc) is 2.29. The molecule has 1 atom stereocenters. The summed E-state index contributed by atoms with van der Waals surface area (Å²) >= 11 is 5.87. The fourth-order valence-electron chi connectivity index (χ4n) is 1.39. The van der Waals surface area contributed by atoms with Crippen molar-refractivity contribution < 1.29 is 4.74 Å². The van der Waals surface area contributed by atoms with Gasteiger partial charge in [-0.2, -0.15) is 0 Å². The number of pyridine rings is 1. The number of halogens is 1. The van der Waals surface area contributed by atoms with Gasteiger partial charge in [-0.05, 0) is 37.3 Å². The Balaban J connectivity index is 2.14. The van der Waals surface area contributed by atoms with Crippen molar-refractivity contribution in [3.05, 3.63) is 53.3 Å². The van der Waals surface area contributed by atoms with Crippen LogP contribution in [0.1, 0.15) is 18.7 Å². The van der Waals surface area contributed by atoms with Crippen molar-refractivity contribution in [3.63, 3.8) is 0 Å². The molecule has 88 valence electrons. The van der Waals surface area contributed by atoms with Gasteiger partial charge >= 0.3 is 0 Å². The smallest absolute Gasteiger partial charge is 0.145 e. The molecule has 0 fully saturated rings. The molecule has 0 saturated heterocycles. The van der Waals surface area contributed by atoms with Gasteiger partial charge in [-0.25, -0.2) is 0 Å². The molecule has 1 heterocycles. The first-order valence-corrected chi connectivity index (χ1v) is 5.68. The van der Waals surface area contributed by atoms with E-state index in [1.807, 2.05) is 31.2 Å². The van der Waals surface area contributed by atoms with Gasteiger partial charge in [-0.3, -0.25) is 4.98 Å². The quantitative estimate of drug-likeness (QED) is 0.904. The summed E-state index contributed by atoms with van der Waals surface area (Å²) in [5.41, 5.74) is 6.55. The second-order valence-electron chi connectivity index (χ2n) is 3.77. The standard InChI is InChI=1S/C13H13ClN2O/c1-9(15)13-6-5-12(8-16-13)17-11-4-2-3-10(14)7-11/h2-9H,15H2,1H3/t9-/m1/s1. The van der Waals surface area contributed by atoms with Crippen molar-refractivity contribution in [2.75, 3.05) is 0 Å². The molecule has 4 heteroatoms. The van der Waals surface area contributed by atoms with E-state index in [4.69, 9.17) is 22.1 Å². The van der Waals surface area contributed by atoms with Crippen LogP contribution in [0.3, 0.4) is 0 Å². The predicted molar refractivity (Wildman–Crippen MR) is 68.4 cm³/mol. The molecule has 2 rings (SSSR count). The molecule has 0 unspecified atom stereocenters. The lowest BCUT2D eigenvalue weighted by molar-refractivity contribution is 0.479. The van der Waals surface area contributed by atoms with Crippen LogP contribution in [0.25, 0.3) is 0 Å². The SMILES string of the molecule is C[C@@H](N)c1ccc(Oc2cccc(Cl)c2)cn1. The molecule has 0 aliphatic carbocycles. The van der Waals surface area contributed by atoms with E-state index in [0.29, 0.717) is 16.5 Å². The average molecular weight is 249 g/mol. The van der Waals surface area contributed by atoms with Gasteiger partial charge in [-0.15, -0.1) is 0 Å². The van der Waals surface area contributed by atoms with Crippen LogP contribution in [0.4, 0.5) is 0 Å². The minimum atomic E-state index is -0.0739. The zero-order chi connectivity index (χ0) is 12.3. The fraction of sp³-hybridized carbons (Fsp3) is 0.154. The van der Waals surface area contributed by atoms with Crippen molar-refractivity contribution in [2.24, 2.45) is 5.73 Å². The Labute approximate surface area is 105 Å². The Morgan fingerprint density at radius 3 is 2.65 bits per heavy atom. The summed E-state index contributed by atoms with van der Waals surface area (Å²) in [7, 11) is 0. The Hall–Kier alpha value is -1.58. The molecule has 0 amide bonds. The number of nitrogens with zero attached hydrogens (tertiary/aromatic N) is 1. The van der Waals surface area contributed by atoms with E-state index in [-0.39, 0.29) is 6.04 Å². The number of nitrogens with two attached hydrogens (primary N) is 1. The van der Waals surface area contributed by atoms with Gasteiger partial charge in [0.05, 0.1) is 11.9 Å². The molecule has 17 heavy (non-hydrogen) atoms. The number of ether oxygens (including phenoxy) is 1. The maximum absolute atomic E-state index is 5.87. The summed E-state index contributed by atoms with van der Waals surface area (Å²) in [6, 6.07) is 10.8. The molecule has 0 spiro atoms. The monoisotopic (exact) mass is 248 g/mol. The molecule has 1 aromatic heterocycles. The molecule has 3 nitrogen and oxygen atoms in total. The van der Waals surface area contributed by atoms with Crippen molar-refractivity contribution in [3.8, 4) is 11.5 Å². The predicted octanol–water partition coefficient (Wildman–Crippen LogP) is 3.55. The Morgan fingerprint density at radius 1 is 1.24 bits per heavy atom. The van der Waals surface area contributed by atoms with Crippen LogP contribution in [0.5, 0.6) is 11.5 Å². The van der Waals surface area contributed by atoms with Gasteiger partial charge in [0.2, 0.25) is 0 Å². The highest BCUT2D eigenvalue weighted by atomic mass is 35.5. The number of rotatable bonds is 3. The lowest BCUT2D eigenvalue weighted by Crippen LogP contribution is -2.06. The van der Waals surface area contributed by atoms with E-state index in [0.717, 1.165) is 5.69 Å². The molecule has 2 N–H and O–H groups in total. The van der Waals surface area contributed by atoms with Crippen molar-refractivity contribution in [1.82, 2.24) is 4.98 Å². The number of benzene rings is 1. The second-order valence-corrected chi connectivity index (χ2v) is 4.20. The summed E-state index contributed by atoms with van der Waals surface area (Å²) in [5, 5.41) is 0.641. The number of hydrogen-bond acceptors (Lipinski definition) is 3. The largest absolute Gasteiger partial charge is 0.456 e. The van der Waals surface area contributed by atoms with Crippen LogP contribution in [0.2, 0.25) is 5.02 Å². The highest BCUT2D eigenvalue weighted by Gasteiger charge is 2.02. The normalized spacial score (nSPS) is 12.2. The van der Waals surface area contributed by atoms with Gasteiger partial charge in [0.15, 0.2) is 0 Å². The van der Waals surface area contributed by atoms with Crippen molar-refractivity contribution in [1.29, 1.82) is 0 Å². The number of hydrogen-bond donors (Lipinski definition) is 1. The molecular weight excluding hydrogens is 236 g/mol. The first kappa shape index (κ1) is 11.9. The van der Waals surface area contributed by atoms with Gasteiger partial charge in [0.1, 0.15) is 11.5 Å². The molecule has 0 bridgehead atoms. The zero-order valence-electron chi connectivity index (χ0n) is 9.43. The van der Waals surface area contributed by atoms with Crippen LogP contribution < -0.4 is 10.5 Å². The molecule has 0 saturated carbocycles. The first-order valence-electron chi connectivity index (χ1n) is 5.30. The second kappa shape index (κ2) is 5.17.